The number of para-hydroxylation sites is 1. The van der Waals surface area contributed by atoms with Gasteiger partial charge in [-0.1, -0.05) is 18.2 Å². The second-order valence-electron chi connectivity index (χ2n) is 6.79. The molecule has 0 atom stereocenters. The average molecular weight is 415 g/mol. The summed E-state index contributed by atoms with van der Waals surface area (Å²) in [5, 5.41) is 15.6. The minimum atomic E-state index is -4.46. The van der Waals surface area contributed by atoms with Crippen LogP contribution in [0, 0.1) is 14.9 Å². The molecule has 1 aliphatic rings. The first-order chi connectivity index (χ1) is 13.2. The van der Waals surface area contributed by atoms with Crippen LogP contribution in [0.2, 0.25) is 0 Å². The summed E-state index contributed by atoms with van der Waals surface area (Å²) in [7, 11) is 0. The summed E-state index contributed by atoms with van der Waals surface area (Å²) in [5.41, 5.74) is -0.00311. The van der Waals surface area contributed by atoms with Crippen molar-refractivity contribution in [2.75, 3.05) is 6.54 Å². The molecule has 0 bridgehead atoms. The lowest BCUT2D eigenvalue weighted by Gasteiger charge is -2.23. The highest BCUT2D eigenvalue weighted by atomic mass is 32.1. The molecule has 11 heteroatoms. The normalized spacial score (nSPS) is 14.6. The van der Waals surface area contributed by atoms with Crippen LogP contribution in [0.5, 0.6) is 0 Å². The van der Waals surface area contributed by atoms with Crippen LogP contribution in [0.4, 0.5) is 18.9 Å². The number of hydrogen-bond donors (Lipinski definition) is 0. The highest BCUT2D eigenvalue weighted by Crippen LogP contribution is 2.39. The zero-order chi connectivity index (χ0) is 20.5. The van der Waals surface area contributed by atoms with E-state index in [1.54, 1.807) is 6.07 Å². The van der Waals surface area contributed by atoms with Crippen LogP contribution in [0.15, 0.2) is 24.3 Å². The molecule has 0 N–H and O–H groups in total. The van der Waals surface area contributed by atoms with E-state index in [0.717, 1.165) is 23.6 Å². The van der Waals surface area contributed by atoms with Gasteiger partial charge in [0.15, 0.2) is 4.77 Å². The third-order valence-corrected chi connectivity index (χ3v) is 4.96. The largest absolute Gasteiger partial charge is 0.401 e. The Hall–Kier alpha value is -2.27. The first kappa shape index (κ1) is 20.5. The summed E-state index contributed by atoms with van der Waals surface area (Å²) in [4.78, 5) is 11.7. The molecule has 1 aliphatic carbocycles. The number of nitro benzene ring substituents is 1. The first-order valence-corrected chi connectivity index (χ1v) is 9.29. The van der Waals surface area contributed by atoms with Crippen molar-refractivity contribution in [3.05, 3.63) is 50.5 Å². The monoisotopic (exact) mass is 415 g/mol. The number of halogens is 3. The van der Waals surface area contributed by atoms with E-state index in [0.29, 0.717) is 17.2 Å². The van der Waals surface area contributed by atoms with Crippen molar-refractivity contribution in [1.82, 2.24) is 19.2 Å². The van der Waals surface area contributed by atoms with Gasteiger partial charge < -0.3 is 4.57 Å². The van der Waals surface area contributed by atoms with Gasteiger partial charge >= 0.3 is 6.18 Å². The number of rotatable bonds is 8. The third kappa shape index (κ3) is 4.76. The first-order valence-electron chi connectivity index (χ1n) is 8.88. The van der Waals surface area contributed by atoms with Gasteiger partial charge in [-0.05, 0) is 32.0 Å². The number of nitrogens with zero attached hydrogens (tertiary/aromatic N) is 5. The van der Waals surface area contributed by atoms with Crippen molar-refractivity contribution in [3.63, 3.8) is 0 Å². The van der Waals surface area contributed by atoms with Crippen LogP contribution in [0.1, 0.15) is 37.1 Å². The Morgan fingerprint density at radius 1 is 1.36 bits per heavy atom. The predicted molar refractivity (Wildman–Crippen MR) is 98.3 cm³/mol. The highest BCUT2D eigenvalue weighted by molar-refractivity contribution is 7.71. The summed E-state index contributed by atoms with van der Waals surface area (Å²) < 4.78 is 42.9. The lowest BCUT2D eigenvalue weighted by Crippen LogP contribution is -2.35. The molecule has 1 saturated carbocycles. The topological polar surface area (TPSA) is 69.1 Å². The van der Waals surface area contributed by atoms with E-state index in [4.69, 9.17) is 12.2 Å². The molecule has 3 rings (SSSR count). The lowest BCUT2D eigenvalue weighted by molar-refractivity contribution is -0.385. The van der Waals surface area contributed by atoms with E-state index in [1.807, 2.05) is 11.5 Å². The predicted octanol–water partition coefficient (Wildman–Crippen LogP) is 4.24. The molecule has 152 valence electrons. The van der Waals surface area contributed by atoms with Gasteiger partial charge in [0.1, 0.15) is 5.82 Å². The number of alkyl halides is 3. The molecular formula is C17H20F3N5O2S. The van der Waals surface area contributed by atoms with E-state index in [1.165, 1.54) is 22.9 Å². The van der Waals surface area contributed by atoms with Crippen LogP contribution >= 0.6 is 12.2 Å². The summed E-state index contributed by atoms with van der Waals surface area (Å²) in [6.07, 6.45) is -2.47. The quantitative estimate of drug-likeness (QED) is 0.366. The van der Waals surface area contributed by atoms with Crippen molar-refractivity contribution >= 4 is 17.9 Å². The fourth-order valence-corrected chi connectivity index (χ4v) is 3.47. The zero-order valence-electron chi connectivity index (χ0n) is 15.2. The van der Waals surface area contributed by atoms with Gasteiger partial charge in [-0.25, -0.2) is 4.68 Å². The molecule has 0 amide bonds. The molecule has 0 aliphatic heterocycles. The Morgan fingerprint density at radius 2 is 2.04 bits per heavy atom. The smallest absolute Gasteiger partial charge is 0.304 e. The summed E-state index contributed by atoms with van der Waals surface area (Å²) in [6, 6.07) is 5.79. The fraction of sp³-hybridized carbons (Fsp3) is 0.529. The molecule has 0 unspecified atom stereocenters. The van der Waals surface area contributed by atoms with Crippen LogP contribution in [0.25, 0.3) is 0 Å². The average Bonchev–Trinajstić information content (AvgIpc) is 3.39. The lowest BCUT2D eigenvalue weighted by atomic mass is 10.1. The highest BCUT2D eigenvalue weighted by Gasteiger charge is 2.33. The minimum Gasteiger partial charge on any atom is -0.304 e. The minimum absolute atomic E-state index is 0.197. The van der Waals surface area contributed by atoms with Crippen LogP contribution in [-0.4, -0.2) is 36.9 Å². The molecule has 2 aromatic rings. The van der Waals surface area contributed by atoms with Crippen molar-refractivity contribution in [2.45, 2.75) is 51.6 Å². The van der Waals surface area contributed by atoms with Crippen LogP contribution in [0.3, 0.4) is 0 Å². The molecule has 1 aromatic carbocycles. The summed E-state index contributed by atoms with van der Waals surface area (Å²) in [6.45, 7) is 0.842. The maximum Gasteiger partial charge on any atom is 0.401 e. The Kier molecular flexibility index (Phi) is 5.84. The number of aromatic nitrogens is 3. The van der Waals surface area contributed by atoms with Crippen molar-refractivity contribution in [2.24, 2.45) is 0 Å². The van der Waals surface area contributed by atoms with E-state index in [2.05, 4.69) is 5.10 Å². The third-order valence-electron chi connectivity index (χ3n) is 4.53. The van der Waals surface area contributed by atoms with Gasteiger partial charge in [-0.15, -0.1) is 0 Å². The van der Waals surface area contributed by atoms with Gasteiger partial charge in [-0.2, -0.15) is 18.3 Å². The maximum atomic E-state index is 13.1. The summed E-state index contributed by atoms with van der Waals surface area (Å²) in [5.74, 6) is 1.10. The number of nitro groups is 1. The Bertz CT molecular complexity index is 920. The van der Waals surface area contributed by atoms with Gasteiger partial charge in [-0.3, -0.25) is 15.0 Å². The van der Waals surface area contributed by atoms with Crippen LogP contribution < -0.4 is 0 Å². The van der Waals surface area contributed by atoms with Crippen molar-refractivity contribution in [1.29, 1.82) is 0 Å². The van der Waals surface area contributed by atoms with Crippen molar-refractivity contribution < 1.29 is 18.1 Å². The maximum absolute atomic E-state index is 13.1. The molecule has 7 nitrogen and oxygen atoms in total. The molecule has 1 fully saturated rings. The summed E-state index contributed by atoms with van der Waals surface area (Å²) >= 11 is 5.40. The molecular weight excluding hydrogens is 395 g/mol. The number of benzene rings is 1. The van der Waals surface area contributed by atoms with E-state index in [9.17, 15) is 23.3 Å². The second-order valence-corrected chi connectivity index (χ2v) is 7.15. The fourth-order valence-electron chi connectivity index (χ4n) is 3.15. The second kappa shape index (κ2) is 8.00. The molecule has 0 radical (unpaired) electrons. The zero-order valence-corrected chi connectivity index (χ0v) is 16.0. The molecule has 0 spiro atoms. The van der Waals surface area contributed by atoms with Gasteiger partial charge in [0, 0.05) is 30.6 Å². The Balaban J connectivity index is 1.90. The molecule has 28 heavy (non-hydrogen) atoms. The van der Waals surface area contributed by atoms with Gasteiger partial charge in [0.2, 0.25) is 0 Å². The van der Waals surface area contributed by atoms with Gasteiger partial charge in [0.05, 0.1) is 18.1 Å². The number of hydrogen-bond acceptors (Lipinski definition) is 5. The van der Waals surface area contributed by atoms with E-state index in [-0.39, 0.29) is 24.5 Å². The Labute approximate surface area is 164 Å². The van der Waals surface area contributed by atoms with Gasteiger partial charge in [0.25, 0.3) is 5.69 Å². The van der Waals surface area contributed by atoms with Crippen LogP contribution in [-0.2, 0) is 19.8 Å². The molecule has 1 heterocycles. The van der Waals surface area contributed by atoms with E-state index < -0.39 is 17.6 Å². The standard InChI is InChI=1S/C17H20F3N5O2S/c1-2-23-15(12-7-8-12)21-24(16(23)28)11-22(10-17(18,19)20)9-13-5-3-4-6-14(13)25(26)27/h3-6,12H,2,7-11H2,1H3. The Morgan fingerprint density at radius 3 is 2.61 bits per heavy atom. The van der Waals surface area contributed by atoms with E-state index >= 15 is 0 Å². The van der Waals surface area contributed by atoms with Crippen molar-refractivity contribution in [3.8, 4) is 0 Å². The molecule has 1 aromatic heterocycles. The molecule has 0 saturated heterocycles. The SMILES string of the molecule is CCn1c(C2CC2)nn(CN(Cc2ccccc2[N+](=O)[O-])CC(F)(F)F)c1=S.